The number of nitrogens with one attached hydrogen (secondary N) is 2. The number of hydrogen-bond donors (Lipinski definition) is 3. The van der Waals surface area contributed by atoms with Gasteiger partial charge in [0.25, 0.3) is 0 Å². The third-order valence-corrected chi connectivity index (χ3v) is 7.16. The highest BCUT2D eigenvalue weighted by atomic mass is 35.5. The van der Waals surface area contributed by atoms with Gasteiger partial charge >= 0.3 is 5.97 Å². The maximum Gasteiger partial charge on any atom is 0.306 e. The predicted octanol–water partition coefficient (Wildman–Crippen LogP) is 5.42. The SMILES string of the molecule is O=C(O)C1CCC(n2c(Nc3c(F)cc(Cl)cc3Cl)nc3cnc(NC4CCOCC4)nc32)CC1. The van der Waals surface area contributed by atoms with Crippen LogP contribution in [0.5, 0.6) is 0 Å². The number of aromatic nitrogens is 4. The molecular formula is C23H25Cl2FN6O3. The molecule has 3 heterocycles. The number of anilines is 3. The second-order valence-electron chi connectivity index (χ2n) is 8.95. The smallest absolute Gasteiger partial charge is 0.306 e. The molecule has 0 amide bonds. The van der Waals surface area contributed by atoms with Crippen LogP contribution in [0.1, 0.15) is 44.6 Å². The zero-order valence-electron chi connectivity index (χ0n) is 18.8. The van der Waals surface area contributed by atoms with Gasteiger partial charge in [-0.2, -0.15) is 4.98 Å². The molecule has 3 aromatic rings. The summed E-state index contributed by atoms with van der Waals surface area (Å²) in [5.41, 5.74) is 1.18. The quantitative estimate of drug-likeness (QED) is 0.393. The van der Waals surface area contributed by atoms with Gasteiger partial charge in [-0.1, -0.05) is 23.2 Å². The van der Waals surface area contributed by atoms with Crippen molar-refractivity contribution in [3.8, 4) is 0 Å². The summed E-state index contributed by atoms with van der Waals surface area (Å²) >= 11 is 12.2. The number of aliphatic carboxylic acids is 1. The lowest BCUT2D eigenvalue weighted by Crippen LogP contribution is -2.28. The van der Waals surface area contributed by atoms with Crippen molar-refractivity contribution in [2.45, 2.75) is 50.6 Å². The van der Waals surface area contributed by atoms with Crippen LogP contribution in [-0.2, 0) is 9.53 Å². The van der Waals surface area contributed by atoms with Crippen LogP contribution in [0.15, 0.2) is 18.3 Å². The molecule has 1 aliphatic heterocycles. The van der Waals surface area contributed by atoms with E-state index in [0.717, 1.165) is 12.8 Å². The van der Waals surface area contributed by atoms with Gasteiger partial charge in [0.15, 0.2) is 5.65 Å². The van der Waals surface area contributed by atoms with E-state index in [1.807, 2.05) is 4.57 Å². The zero-order chi connectivity index (χ0) is 24.5. The van der Waals surface area contributed by atoms with E-state index < -0.39 is 11.8 Å². The number of benzene rings is 1. The molecule has 0 atom stereocenters. The number of imidazole rings is 1. The molecule has 0 spiro atoms. The summed E-state index contributed by atoms with van der Waals surface area (Å²) in [5.74, 6) is -0.923. The number of halogens is 3. The van der Waals surface area contributed by atoms with Gasteiger partial charge in [-0.05, 0) is 50.7 Å². The molecule has 1 saturated heterocycles. The third-order valence-electron chi connectivity index (χ3n) is 6.64. The van der Waals surface area contributed by atoms with Gasteiger partial charge < -0.3 is 20.5 Å². The minimum atomic E-state index is -0.780. The minimum absolute atomic E-state index is 0.0559. The second-order valence-corrected chi connectivity index (χ2v) is 9.80. The van der Waals surface area contributed by atoms with Crippen LogP contribution < -0.4 is 10.6 Å². The highest BCUT2D eigenvalue weighted by Gasteiger charge is 2.30. The molecule has 2 fully saturated rings. The van der Waals surface area contributed by atoms with Crippen LogP contribution in [0.25, 0.3) is 11.2 Å². The maximum atomic E-state index is 14.7. The topological polar surface area (TPSA) is 114 Å². The largest absolute Gasteiger partial charge is 0.481 e. The van der Waals surface area contributed by atoms with E-state index in [-0.39, 0.29) is 33.7 Å². The fraction of sp³-hybridized carbons (Fsp3) is 0.478. The van der Waals surface area contributed by atoms with Crippen molar-refractivity contribution in [3.63, 3.8) is 0 Å². The molecule has 0 bridgehead atoms. The van der Waals surface area contributed by atoms with E-state index in [0.29, 0.717) is 62.0 Å². The number of carboxylic acid groups (broad SMARTS) is 1. The Labute approximate surface area is 211 Å². The van der Waals surface area contributed by atoms with E-state index in [1.54, 1.807) is 6.20 Å². The van der Waals surface area contributed by atoms with Crippen molar-refractivity contribution in [2.75, 3.05) is 23.8 Å². The summed E-state index contributed by atoms with van der Waals surface area (Å²) in [6, 6.07) is 2.77. The minimum Gasteiger partial charge on any atom is -0.481 e. The molecule has 0 unspecified atom stereocenters. The van der Waals surface area contributed by atoms with E-state index in [4.69, 9.17) is 32.9 Å². The number of ether oxygens (including phenoxy) is 1. The third kappa shape index (κ3) is 5.14. The van der Waals surface area contributed by atoms with Crippen molar-refractivity contribution in [1.82, 2.24) is 19.5 Å². The molecule has 1 saturated carbocycles. The number of nitrogens with zero attached hydrogens (tertiary/aromatic N) is 4. The van der Waals surface area contributed by atoms with Crippen molar-refractivity contribution in [1.29, 1.82) is 0 Å². The van der Waals surface area contributed by atoms with Crippen molar-refractivity contribution < 1.29 is 19.0 Å². The van der Waals surface area contributed by atoms with Gasteiger partial charge in [0.05, 0.1) is 22.8 Å². The van der Waals surface area contributed by atoms with E-state index >= 15 is 0 Å². The number of carboxylic acids is 1. The number of rotatable bonds is 6. The molecular weight excluding hydrogens is 498 g/mol. The Balaban J connectivity index is 1.52. The van der Waals surface area contributed by atoms with Crippen LogP contribution in [0, 0.1) is 11.7 Å². The van der Waals surface area contributed by atoms with Crippen LogP contribution in [-0.4, -0.2) is 49.9 Å². The maximum absolute atomic E-state index is 14.7. The standard InChI is InChI=1S/C23H25Cl2FN6O3/c24-13-9-16(25)19(17(26)10-13)30-23-29-18-11-27-22(28-14-5-7-35-8-6-14)31-20(18)32(23)15-3-1-12(2-4-15)21(33)34/h9-12,14-15H,1-8H2,(H,29,30)(H,33,34)(H,27,28,31). The average Bonchev–Trinajstić information content (AvgIpc) is 3.19. The Bertz CT molecular complexity index is 1220. The van der Waals surface area contributed by atoms with Crippen molar-refractivity contribution >= 4 is 57.9 Å². The Morgan fingerprint density at radius 1 is 1.11 bits per heavy atom. The molecule has 3 N–H and O–H groups in total. The molecule has 5 rings (SSSR count). The van der Waals surface area contributed by atoms with Gasteiger partial charge in [-0.25, -0.2) is 14.4 Å². The molecule has 186 valence electrons. The molecule has 2 aromatic heterocycles. The molecule has 1 aromatic carbocycles. The zero-order valence-corrected chi connectivity index (χ0v) is 20.3. The first kappa shape index (κ1) is 24.0. The monoisotopic (exact) mass is 522 g/mol. The van der Waals surface area contributed by atoms with Gasteiger partial charge in [-0.3, -0.25) is 9.36 Å². The number of hydrogen-bond acceptors (Lipinski definition) is 7. The summed E-state index contributed by atoms with van der Waals surface area (Å²) in [6.07, 6.45) is 5.68. The lowest BCUT2D eigenvalue weighted by molar-refractivity contribution is -0.143. The number of carbonyl (C=O) groups is 1. The first-order valence-corrected chi connectivity index (χ1v) is 12.4. The summed E-state index contributed by atoms with van der Waals surface area (Å²) in [6.45, 7) is 1.37. The Morgan fingerprint density at radius 3 is 2.54 bits per heavy atom. The summed E-state index contributed by atoms with van der Waals surface area (Å²) < 4.78 is 22.0. The van der Waals surface area contributed by atoms with Crippen LogP contribution in [0.4, 0.5) is 22.0 Å². The Kier molecular flexibility index (Phi) is 6.95. The molecule has 1 aliphatic carbocycles. The van der Waals surface area contributed by atoms with Gasteiger partial charge in [-0.15, -0.1) is 0 Å². The Hall–Kier alpha value is -2.69. The fourth-order valence-electron chi connectivity index (χ4n) is 4.77. The summed E-state index contributed by atoms with van der Waals surface area (Å²) in [7, 11) is 0. The van der Waals surface area contributed by atoms with E-state index in [2.05, 4.69) is 20.6 Å². The fourth-order valence-corrected chi connectivity index (χ4v) is 5.29. The van der Waals surface area contributed by atoms with Gasteiger partial charge in [0.1, 0.15) is 11.3 Å². The van der Waals surface area contributed by atoms with Crippen molar-refractivity contribution in [2.24, 2.45) is 5.92 Å². The van der Waals surface area contributed by atoms with Crippen LogP contribution in [0.3, 0.4) is 0 Å². The number of fused-ring (bicyclic) bond motifs is 1. The first-order valence-electron chi connectivity index (χ1n) is 11.6. The van der Waals surface area contributed by atoms with Crippen LogP contribution >= 0.6 is 23.2 Å². The second kappa shape index (κ2) is 10.1. The van der Waals surface area contributed by atoms with E-state index in [1.165, 1.54) is 12.1 Å². The lowest BCUT2D eigenvalue weighted by atomic mass is 9.86. The molecule has 12 heteroatoms. The molecule has 9 nitrogen and oxygen atoms in total. The Morgan fingerprint density at radius 2 is 1.86 bits per heavy atom. The summed E-state index contributed by atoms with van der Waals surface area (Å²) in [4.78, 5) is 25.3. The van der Waals surface area contributed by atoms with Crippen molar-refractivity contribution in [3.05, 3.63) is 34.2 Å². The normalized spacial score (nSPS) is 21.2. The average molecular weight is 523 g/mol. The van der Waals surface area contributed by atoms with E-state index in [9.17, 15) is 14.3 Å². The molecule has 35 heavy (non-hydrogen) atoms. The highest BCUT2D eigenvalue weighted by Crippen LogP contribution is 2.38. The summed E-state index contributed by atoms with van der Waals surface area (Å²) in [5, 5.41) is 16.1. The van der Waals surface area contributed by atoms with Gasteiger partial charge in [0.2, 0.25) is 11.9 Å². The lowest BCUT2D eigenvalue weighted by Gasteiger charge is -2.28. The predicted molar refractivity (Wildman–Crippen MR) is 131 cm³/mol. The van der Waals surface area contributed by atoms with Gasteiger partial charge in [0, 0.05) is 30.3 Å². The highest BCUT2D eigenvalue weighted by molar-refractivity contribution is 6.36. The first-order chi connectivity index (χ1) is 16.9. The van der Waals surface area contributed by atoms with Crippen LogP contribution in [0.2, 0.25) is 10.0 Å². The molecule has 2 aliphatic rings. The molecule has 0 radical (unpaired) electrons.